The van der Waals surface area contributed by atoms with Crippen LogP contribution in [0, 0.1) is 0 Å². The van der Waals surface area contributed by atoms with Gasteiger partial charge in [-0.05, 0) is 56.5 Å². The van der Waals surface area contributed by atoms with Gasteiger partial charge in [-0.3, -0.25) is 13.9 Å². The van der Waals surface area contributed by atoms with E-state index in [-0.39, 0.29) is 43.8 Å². The van der Waals surface area contributed by atoms with Crippen molar-refractivity contribution in [2.24, 2.45) is 0 Å². The number of methoxy groups -OCH3 is 1. The van der Waals surface area contributed by atoms with Crippen LogP contribution in [0.3, 0.4) is 0 Å². The number of nitrogens with zero attached hydrogens (tertiary/aromatic N) is 2. The van der Waals surface area contributed by atoms with E-state index in [2.05, 4.69) is 5.32 Å². The number of rotatable bonds is 13. The van der Waals surface area contributed by atoms with Crippen molar-refractivity contribution in [3.8, 4) is 17.2 Å². The second-order valence-corrected chi connectivity index (χ2v) is 11.5. The van der Waals surface area contributed by atoms with Crippen LogP contribution in [0.1, 0.15) is 45.6 Å². The molecule has 0 saturated heterocycles. The minimum atomic E-state index is -3.63. The normalized spacial score (nSPS) is 14.2. The Balaban J connectivity index is 1.75. The summed E-state index contributed by atoms with van der Waals surface area (Å²) >= 11 is 0. The third-order valence-electron chi connectivity index (χ3n) is 6.62. The van der Waals surface area contributed by atoms with Gasteiger partial charge in [0.15, 0.2) is 11.5 Å². The van der Waals surface area contributed by atoms with Crippen LogP contribution in [-0.4, -0.2) is 70.3 Å². The molecule has 0 bridgehead atoms. The van der Waals surface area contributed by atoms with Gasteiger partial charge in [-0.15, -0.1) is 0 Å². The zero-order chi connectivity index (χ0) is 28.6. The average molecular weight is 562 g/mol. The van der Waals surface area contributed by atoms with Gasteiger partial charge in [0.2, 0.25) is 21.8 Å². The van der Waals surface area contributed by atoms with Crippen LogP contribution in [-0.2, 0) is 26.2 Å². The first-order valence-electron chi connectivity index (χ1n) is 13.1. The van der Waals surface area contributed by atoms with E-state index in [4.69, 9.17) is 14.2 Å². The molecule has 1 N–H and O–H groups in total. The van der Waals surface area contributed by atoms with Gasteiger partial charge in [0.05, 0.1) is 19.1 Å². The molecule has 0 spiro atoms. The number of benzene rings is 2. The quantitative estimate of drug-likeness (QED) is 0.399. The second kappa shape index (κ2) is 13.5. The van der Waals surface area contributed by atoms with Crippen molar-refractivity contribution in [1.82, 2.24) is 10.2 Å². The molecule has 0 fully saturated rings. The molecule has 0 unspecified atom stereocenters. The summed E-state index contributed by atoms with van der Waals surface area (Å²) in [5.41, 5.74) is 1.25. The lowest BCUT2D eigenvalue weighted by Gasteiger charge is -2.30. The summed E-state index contributed by atoms with van der Waals surface area (Å²) in [6.07, 6.45) is 2.21. The number of anilines is 1. The van der Waals surface area contributed by atoms with Crippen molar-refractivity contribution in [3.63, 3.8) is 0 Å². The van der Waals surface area contributed by atoms with E-state index in [1.165, 1.54) is 9.21 Å². The molecule has 1 heterocycles. The lowest BCUT2D eigenvalue weighted by atomic mass is 10.1. The second-order valence-electron chi connectivity index (χ2n) is 9.63. The number of carbonyl (C=O) groups is 2. The number of carbonyl (C=O) groups excluding carboxylic acids is 2. The van der Waals surface area contributed by atoms with Crippen LogP contribution < -0.4 is 23.8 Å². The average Bonchev–Trinajstić information content (AvgIpc) is 2.92. The Kier molecular flexibility index (Phi) is 10.4. The summed E-state index contributed by atoms with van der Waals surface area (Å²) in [7, 11) is -2.06. The maximum absolute atomic E-state index is 13.5. The molecular weight excluding hydrogens is 522 g/mol. The van der Waals surface area contributed by atoms with Gasteiger partial charge in [0.1, 0.15) is 25.0 Å². The van der Waals surface area contributed by atoms with Crippen LogP contribution in [0.15, 0.2) is 42.5 Å². The third kappa shape index (κ3) is 8.26. The molecule has 2 aromatic rings. The number of hydrogen-bond donors (Lipinski definition) is 1. The monoisotopic (exact) mass is 561 g/mol. The highest BCUT2D eigenvalue weighted by Crippen LogP contribution is 2.34. The molecule has 11 heteroatoms. The van der Waals surface area contributed by atoms with Crippen molar-refractivity contribution in [2.75, 3.05) is 37.4 Å². The topological polar surface area (TPSA) is 114 Å². The van der Waals surface area contributed by atoms with E-state index < -0.39 is 16.1 Å². The summed E-state index contributed by atoms with van der Waals surface area (Å²) in [6.45, 7) is 6.71. The molecule has 2 aromatic carbocycles. The van der Waals surface area contributed by atoms with Crippen LogP contribution in [0.5, 0.6) is 17.2 Å². The van der Waals surface area contributed by atoms with Gasteiger partial charge >= 0.3 is 0 Å². The molecular formula is C28H39N3O7S. The lowest BCUT2D eigenvalue weighted by Crippen LogP contribution is -2.49. The Morgan fingerprint density at radius 2 is 1.79 bits per heavy atom. The molecule has 1 aliphatic heterocycles. The van der Waals surface area contributed by atoms with Crippen LogP contribution in [0.25, 0.3) is 0 Å². The first kappa shape index (κ1) is 30.1. The van der Waals surface area contributed by atoms with Gasteiger partial charge < -0.3 is 24.4 Å². The highest BCUT2D eigenvalue weighted by atomic mass is 32.2. The van der Waals surface area contributed by atoms with E-state index in [0.29, 0.717) is 36.1 Å². The van der Waals surface area contributed by atoms with Gasteiger partial charge in [-0.2, -0.15) is 0 Å². The number of fused-ring (bicyclic) bond motifs is 1. The lowest BCUT2D eigenvalue weighted by molar-refractivity contribution is -0.140. The fourth-order valence-electron chi connectivity index (χ4n) is 4.21. The van der Waals surface area contributed by atoms with Crippen LogP contribution in [0.4, 0.5) is 5.69 Å². The molecule has 10 nitrogen and oxygen atoms in total. The molecule has 39 heavy (non-hydrogen) atoms. The number of ether oxygens (including phenoxy) is 3. The molecule has 2 amide bonds. The summed E-state index contributed by atoms with van der Waals surface area (Å²) < 4.78 is 43.0. The predicted molar refractivity (Wildman–Crippen MR) is 150 cm³/mol. The molecule has 0 saturated carbocycles. The number of sulfonamides is 1. The van der Waals surface area contributed by atoms with Crippen LogP contribution in [0.2, 0.25) is 0 Å². The maximum atomic E-state index is 13.5. The summed E-state index contributed by atoms with van der Waals surface area (Å²) in [5, 5.41) is 2.95. The van der Waals surface area contributed by atoms with E-state index in [1.807, 2.05) is 38.1 Å². The minimum absolute atomic E-state index is 0.0250. The standard InChI is InChI=1S/C28H39N3O7S/c1-6-20(2)29-28(33)21(3)30(19-22-9-7-10-24(17-22)36-4)27(32)11-8-14-31(39(5,34)35)23-12-13-25-26(18-23)38-16-15-37-25/h7,9-10,12-13,17-18,20-21H,6,8,11,14-16,19H2,1-5H3,(H,29,33)/t20-,21+/m0/s1. The highest BCUT2D eigenvalue weighted by molar-refractivity contribution is 7.92. The van der Waals surface area contributed by atoms with E-state index >= 15 is 0 Å². The zero-order valence-electron chi connectivity index (χ0n) is 23.3. The van der Waals surface area contributed by atoms with Gasteiger partial charge in [-0.25, -0.2) is 8.42 Å². The smallest absolute Gasteiger partial charge is 0.242 e. The Bertz CT molecular complexity index is 1250. The van der Waals surface area contributed by atoms with Crippen molar-refractivity contribution < 1.29 is 32.2 Å². The van der Waals surface area contributed by atoms with Crippen molar-refractivity contribution in [1.29, 1.82) is 0 Å². The number of amides is 2. The highest BCUT2D eigenvalue weighted by Gasteiger charge is 2.27. The maximum Gasteiger partial charge on any atom is 0.242 e. The molecule has 0 aromatic heterocycles. The van der Waals surface area contributed by atoms with E-state index in [1.54, 1.807) is 32.2 Å². The summed E-state index contributed by atoms with van der Waals surface area (Å²) in [5.74, 6) is 1.20. The van der Waals surface area contributed by atoms with E-state index in [0.717, 1.165) is 18.2 Å². The zero-order valence-corrected chi connectivity index (χ0v) is 24.1. The molecule has 2 atom stereocenters. The number of hydrogen-bond acceptors (Lipinski definition) is 7. The van der Waals surface area contributed by atoms with Crippen molar-refractivity contribution in [3.05, 3.63) is 48.0 Å². The first-order valence-corrected chi connectivity index (χ1v) is 15.0. The predicted octanol–water partition coefficient (Wildman–Crippen LogP) is 3.34. The molecule has 0 radical (unpaired) electrons. The third-order valence-corrected chi connectivity index (χ3v) is 7.82. The largest absolute Gasteiger partial charge is 0.497 e. The van der Waals surface area contributed by atoms with Gasteiger partial charge in [0, 0.05) is 31.6 Å². The Labute approximate surface area is 231 Å². The fourth-order valence-corrected chi connectivity index (χ4v) is 5.16. The molecule has 214 valence electrons. The SMILES string of the molecule is CC[C@H](C)NC(=O)[C@@H](C)N(Cc1cccc(OC)c1)C(=O)CCCN(c1ccc2c(c1)OCCO2)S(C)(=O)=O. The summed E-state index contributed by atoms with van der Waals surface area (Å²) in [6, 6.07) is 11.6. The Morgan fingerprint density at radius 3 is 2.46 bits per heavy atom. The summed E-state index contributed by atoms with van der Waals surface area (Å²) in [4.78, 5) is 28.0. The van der Waals surface area contributed by atoms with Crippen LogP contribution >= 0.6 is 0 Å². The first-order chi connectivity index (χ1) is 18.5. The minimum Gasteiger partial charge on any atom is -0.497 e. The Hall–Kier alpha value is -3.47. The molecule has 1 aliphatic rings. The van der Waals surface area contributed by atoms with Crippen molar-refractivity contribution in [2.45, 2.75) is 58.7 Å². The Morgan fingerprint density at radius 1 is 1.08 bits per heavy atom. The van der Waals surface area contributed by atoms with E-state index in [9.17, 15) is 18.0 Å². The van der Waals surface area contributed by atoms with Gasteiger partial charge in [-0.1, -0.05) is 19.1 Å². The fraction of sp³-hybridized carbons (Fsp3) is 0.500. The van der Waals surface area contributed by atoms with Gasteiger partial charge in [0.25, 0.3) is 0 Å². The molecule has 0 aliphatic carbocycles. The number of nitrogens with one attached hydrogen (secondary N) is 1. The molecule has 3 rings (SSSR count). The van der Waals surface area contributed by atoms with Crippen molar-refractivity contribution >= 4 is 27.5 Å².